The van der Waals surface area contributed by atoms with Gasteiger partial charge >= 0.3 is 21.1 Å². The van der Waals surface area contributed by atoms with E-state index in [1.807, 2.05) is 98.8 Å². The Kier molecular flexibility index (Phi) is 13.9. The molecule has 2 aromatic heterocycles. The van der Waals surface area contributed by atoms with E-state index in [0.717, 1.165) is 59.9 Å². The number of aromatic nitrogens is 2. The summed E-state index contributed by atoms with van der Waals surface area (Å²) < 4.78 is 60.5. The first kappa shape index (κ1) is 46.6. The second kappa shape index (κ2) is 19.4. The average molecular weight is 1050 g/mol. The topological polar surface area (TPSA) is 32.3 Å². The Morgan fingerprint density at radius 3 is 1.28 bits per heavy atom. The molecule has 0 aliphatic rings. The molecule has 65 heavy (non-hydrogen) atoms. The number of benzene rings is 6. The number of para-hydroxylation sites is 2. The van der Waals surface area contributed by atoms with Crippen molar-refractivity contribution < 1.29 is 38.6 Å². The van der Waals surface area contributed by atoms with Crippen LogP contribution < -0.4 is 9.80 Å². The quantitative estimate of drug-likeness (QED) is 0.0851. The third-order valence-corrected chi connectivity index (χ3v) is 12.1. The molecule has 0 aliphatic heterocycles. The molecular weight excluding hydrogens is 1000 g/mol. The van der Waals surface area contributed by atoms with Crippen LogP contribution in [-0.2, 0) is 38.3 Å². The van der Waals surface area contributed by atoms with Crippen LogP contribution in [0, 0.1) is 35.4 Å². The van der Waals surface area contributed by atoms with Gasteiger partial charge in [-0.2, -0.15) is 0 Å². The molecule has 0 fully saturated rings. The molecule has 0 spiro atoms. The normalized spacial score (nSPS) is 11.5. The van der Waals surface area contributed by atoms with E-state index in [1.165, 1.54) is 11.1 Å². The van der Waals surface area contributed by atoms with E-state index in [1.54, 1.807) is 12.1 Å². The summed E-state index contributed by atoms with van der Waals surface area (Å²) in [4.78, 5) is 14.3. The van der Waals surface area contributed by atoms with Gasteiger partial charge in [0.2, 0.25) is 0 Å². The summed E-state index contributed by atoms with van der Waals surface area (Å²) in [5.41, 5.74) is 7.31. The van der Waals surface area contributed by atoms with Crippen molar-refractivity contribution in [2.75, 3.05) is 9.80 Å². The van der Waals surface area contributed by atoms with Gasteiger partial charge in [0.25, 0.3) is 0 Å². The predicted octanol–water partition coefficient (Wildman–Crippen LogP) is 15.5. The number of aryl methyl sites for hydroxylation is 1. The molecule has 0 aliphatic carbocycles. The molecule has 8 aromatic rings. The minimum atomic E-state index is -1.08. The van der Waals surface area contributed by atoms with Crippen molar-refractivity contribution in [3.05, 3.63) is 216 Å². The van der Waals surface area contributed by atoms with E-state index in [2.05, 4.69) is 86.0 Å². The van der Waals surface area contributed by atoms with Crippen molar-refractivity contribution in [3.8, 4) is 22.5 Å². The van der Waals surface area contributed by atoms with Crippen molar-refractivity contribution in [3.63, 3.8) is 0 Å². The first-order chi connectivity index (χ1) is 30.7. The van der Waals surface area contributed by atoms with Gasteiger partial charge in [0.05, 0.1) is 0 Å². The van der Waals surface area contributed by atoms with Crippen molar-refractivity contribution in [1.82, 2.24) is 9.97 Å². The van der Waals surface area contributed by atoms with Gasteiger partial charge in [-0.15, -0.1) is 24.3 Å². The number of hydrogen-bond acceptors (Lipinski definition) is 4. The molecule has 0 saturated heterocycles. The standard InChI is InChI=1S/C56H48F4N4.Pt/c1-7-37-19-25-43(26-20-37)63(41-15-11-9-12-16-41)45-33-51(47-29-23-39(57)31-49(47)59)61-53(35-45)56(5,6)54-36-46(34-52(62-54)48-30-24-40(58)32-50(48)60)64(42-17-13-10-14-18-42)44-27-21-38(22-28-44)55(3,4)8-2;/h9-28,31-36H,7-8H2,1-6H3;/q-2;+2. The minimum absolute atomic E-state index is 0. The fourth-order valence-corrected chi connectivity index (χ4v) is 7.80. The molecule has 9 heteroatoms. The van der Waals surface area contributed by atoms with Crippen LogP contribution in [0.2, 0.25) is 0 Å². The van der Waals surface area contributed by atoms with Gasteiger partial charge < -0.3 is 19.8 Å². The van der Waals surface area contributed by atoms with Crippen molar-refractivity contribution in [2.24, 2.45) is 0 Å². The van der Waals surface area contributed by atoms with Gasteiger partial charge in [0, 0.05) is 74.2 Å². The molecular formula is C56H48F4N4Pt. The second-order valence-electron chi connectivity index (χ2n) is 17.0. The summed E-state index contributed by atoms with van der Waals surface area (Å²) in [6, 6.07) is 53.1. The summed E-state index contributed by atoms with van der Waals surface area (Å²) >= 11 is 0. The van der Waals surface area contributed by atoms with E-state index >= 15 is 8.78 Å². The summed E-state index contributed by atoms with van der Waals surface area (Å²) in [5, 5.41) is 0. The van der Waals surface area contributed by atoms with Crippen LogP contribution >= 0.6 is 0 Å². The average Bonchev–Trinajstić information content (AvgIpc) is 3.30. The zero-order valence-corrected chi connectivity index (χ0v) is 39.3. The SMILES string of the molecule is CCc1ccc(N(c2ccccc2)c2cc(-c3[c-]cc(F)cc3F)nc(C(C)(C)c3cc(N(c4ccccc4)c4ccc(C(C)(C)CC)cc4)cc(-c4[c-]cc(F)cc4F)n3)c2)cc1.[Pt+2]. The molecule has 4 nitrogen and oxygen atoms in total. The van der Waals surface area contributed by atoms with Crippen molar-refractivity contribution in [1.29, 1.82) is 0 Å². The first-order valence-electron chi connectivity index (χ1n) is 21.4. The zero-order valence-electron chi connectivity index (χ0n) is 37.0. The summed E-state index contributed by atoms with van der Waals surface area (Å²) in [6.45, 7) is 12.6. The van der Waals surface area contributed by atoms with Gasteiger partial charge in [-0.3, -0.25) is 17.6 Å². The van der Waals surface area contributed by atoms with Gasteiger partial charge in [-0.25, -0.2) is 0 Å². The maximum atomic E-state index is 15.9. The number of pyridine rings is 2. The molecule has 0 radical (unpaired) electrons. The minimum Gasteiger partial charge on any atom is -0.311 e. The number of halogens is 4. The Bertz CT molecular complexity index is 2900. The van der Waals surface area contributed by atoms with Crippen molar-refractivity contribution in [2.45, 2.75) is 65.2 Å². The third kappa shape index (κ3) is 9.84. The molecule has 0 bridgehead atoms. The van der Waals surface area contributed by atoms with E-state index in [9.17, 15) is 8.78 Å². The molecule has 6 aromatic carbocycles. The first-order valence-corrected chi connectivity index (χ1v) is 21.4. The smallest absolute Gasteiger partial charge is 0.311 e. The van der Waals surface area contributed by atoms with Crippen LogP contribution in [0.25, 0.3) is 22.5 Å². The molecule has 330 valence electrons. The van der Waals surface area contributed by atoms with Crippen molar-refractivity contribution >= 4 is 34.1 Å². The Labute approximate surface area is 393 Å². The molecule has 0 saturated carbocycles. The molecule has 0 amide bonds. The summed E-state index contributed by atoms with van der Waals surface area (Å²) in [6.07, 6.45) is 1.82. The molecule has 0 N–H and O–H groups in total. The summed E-state index contributed by atoms with van der Waals surface area (Å²) in [5.74, 6) is -3.15. The number of hydrogen-bond donors (Lipinski definition) is 0. The fourth-order valence-electron chi connectivity index (χ4n) is 7.80. The van der Waals surface area contributed by atoms with Gasteiger partial charge in [0.1, 0.15) is 0 Å². The van der Waals surface area contributed by atoms with Crippen LogP contribution in [0.5, 0.6) is 0 Å². The number of rotatable bonds is 13. The van der Waals surface area contributed by atoms with Crippen LogP contribution in [0.3, 0.4) is 0 Å². The zero-order chi connectivity index (χ0) is 45.2. The Morgan fingerprint density at radius 1 is 0.492 bits per heavy atom. The summed E-state index contributed by atoms with van der Waals surface area (Å²) in [7, 11) is 0. The monoisotopic (exact) mass is 1050 g/mol. The fraction of sp³-hybridized carbons (Fsp3) is 0.179. The van der Waals surface area contributed by atoms with E-state index in [4.69, 9.17) is 9.97 Å². The van der Waals surface area contributed by atoms with Crippen LogP contribution in [0.15, 0.2) is 158 Å². The van der Waals surface area contributed by atoms with E-state index in [0.29, 0.717) is 22.8 Å². The van der Waals surface area contributed by atoms with Crippen LogP contribution in [0.4, 0.5) is 51.7 Å². The predicted molar refractivity (Wildman–Crippen MR) is 251 cm³/mol. The van der Waals surface area contributed by atoms with Gasteiger partial charge in [-0.1, -0.05) is 124 Å². The molecule has 8 rings (SSSR count). The van der Waals surface area contributed by atoms with Gasteiger partial charge in [-0.05, 0) is 115 Å². The van der Waals surface area contributed by atoms with Crippen LogP contribution in [-0.4, -0.2) is 9.97 Å². The second-order valence-corrected chi connectivity index (χ2v) is 17.0. The van der Waals surface area contributed by atoms with E-state index < -0.39 is 28.7 Å². The molecule has 2 heterocycles. The Morgan fingerprint density at radius 2 is 0.892 bits per heavy atom. The largest absolute Gasteiger partial charge is 2.00 e. The van der Waals surface area contributed by atoms with E-state index in [-0.39, 0.29) is 49.0 Å². The molecule has 0 unspecified atom stereocenters. The third-order valence-electron chi connectivity index (χ3n) is 12.1. The number of nitrogens with zero attached hydrogens (tertiary/aromatic N) is 4. The van der Waals surface area contributed by atoms with Gasteiger partial charge in [0.15, 0.2) is 0 Å². The Hall–Kier alpha value is -6.37. The maximum absolute atomic E-state index is 15.9. The molecule has 0 atom stereocenters. The number of anilines is 6. The van der Waals surface area contributed by atoms with Crippen LogP contribution in [0.1, 0.15) is 70.5 Å². The Balaban J connectivity index is 0.00000630. The maximum Gasteiger partial charge on any atom is 2.00 e.